The number of aliphatic hydroxyl groups is 1. The molecule has 3 aliphatic rings. The van der Waals surface area contributed by atoms with Crippen LogP contribution in [0.15, 0.2) is 43.0 Å². The number of carboxylic acids is 1. The number of aliphatic hydroxyl groups excluding tert-OH is 1. The van der Waals surface area contributed by atoms with Gasteiger partial charge in [-0.3, -0.25) is 14.4 Å². The molecular weight excluding hydrogens is 448 g/mol. The van der Waals surface area contributed by atoms with Crippen LogP contribution in [-0.4, -0.2) is 74.7 Å². The van der Waals surface area contributed by atoms with Crippen molar-refractivity contribution in [3.63, 3.8) is 0 Å². The molecule has 2 amide bonds. The fraction of sp³-hybridized carbons (Fsp3) is 0.593. The zero-order valence-electron chi connectivity index (χ0n) is 20.7. The topological polar surface area (TPSA) is 107 Å². The van der Waals surface area contributed by atoms with E-state index in [0.717, 1.165) is 12.8 Å². The van der Waals surface area contributed by atoms with Gasteiger partial charge in [0, 0.05) is 13.1 Å². The molecule has 0 saturated carbocycles. The molecule has 8 nitrogen and oxygen atoms in total. The van der Waals surface area contributed by atoms with Gasteiger partial charge in [-0.2, -0.15) is 0 Å². The van der Waals surface area contributed by atoms with E-state index in [2.05, 4.69) is 6.58 Å². The van der Waals surface area contributed by atoms with Gasteiger partial charge in [0.25, 0.3) is 0 Å². The summed E-state index contributed by atoms with van der Waals surface area (Å²) < 4.78 is 6.56. The second-order valence-electron chi connectivity index (χ2n) is 10.3. The van der Waals surface area contributed by atoms with Crippen molar-refractivity contribution >= 4 is 17.8 Å². The number of hydrogen-bond acceptors (Lipinski definition) is 5. The average Bonchev–Trinajstić information content (AvgIpc) is 3.35. The molecule has 3 saturated heterocycles. The first-order valence-corrected chi connectivity index (χ1v) is 12.5. The maximum absolute atomic E-state index is 14.2. The van der Waals surface area contributed by atoms with Gasteiger partial charge < -0.3 is 24.7 Å². The summed E-state index contributed by atoms with van der Waals surface area (Å²) >= 11 is 0. The van der Waals surface area contributed by atoms with Crippen molar-refractivity contribution in [2.24, 2.45) is 17.8 Å². The maximum atomic E-state index is 14.2. The van der Waals surface area contributed by atoms with E-state index in [9.17, 15) is 24.6 Å². The second kappa shape index (κ2) is 9.39. The summed E-state index contributed by atoms with van der Waals surface area (Å²) in [5.74, 6) is -4.05. The number of benzene rings is 1. The van der Waals surface area contributed by atoms with E-state index in [0.29, 0.717) is 25.1 Å². The number of rotatable bonds is 10. The Morgan fingerprint density at radius 2 is 2.03 bits per heavy atom. The summed E-state index contributed by atoms with van der Waals surface area (Å²) in [5.41, 5.74) is -1.63. The lowest BCUT2D eigenvalue weighted by Crippen LogP contribution is -2.57. The summed E-state index contributed by atoms with van der Waals surface area (Å²) in [4.78, 5) is 43.9. The Morgan fingerprint density at radius 1 is 1.34 bits per heavy atom. The van der Waals surface area contributed by atoms with Gasteiger partial charge in [-0.05, 0) is 31.2 Å². The molecule has 8 heteroatoms. The molecule has 1 aromatic carbocycles. The largest absolute Gasteiger partial charge is 0.481 e. The molecule has 0 aliphatic carbocycles. The summed E-state index contributed by atoms with van der Waals surface area (Å²) in [6, 6.07) is 7.23. The van der Waals surface area contributed by atoms with Crippen LogP contribution in [0, 0.1) is 17.8 Å². The highest BCUT2D eigenvalue weighted by Gasteiger charge is 2.80. The molecule has 35 heavy (non-hydrogen) atoms. The zero-order valence-corrected chi connectivity index (χ0v) is 20.7. The van der Waals surface area contributed by atoms with E-state index in [-0.39, 0.29) is 11.8 Å². The van der Waals surface area contributed by atoms with Gasteiger partial charge in [-0.1, -0.05) is 56.7 Å². The Hall–Kier alpha value is -2.71. The van der Waals surface area contributed by atoms with E-state index < -0.39 is 53.6 Å². The minimum absolute atomic E-state index is 0.157. The lowest BCUT2D eigenvalue weighted by Gasteiger charge is -2.39. The third kappa shape index (κ3) is 3.69. The van der Waals surface area contributed by atoms with Crippen LogP contribution in [0.2, 0.25) is 0 Å². The SMILES string of the molecule is C=CCN(CCCC)C(=O)C1N([C@H](CO)c2ccccc2)C(=O)[C@@H]2[C@H](C(=O)O)[C@@]3(C)OC12CC3C. The summed E-state index contributed by atoms with van der Waals surface area (Å²) in [5, 5.41) is 20.7. The lowest BCUT2D eigenvalue weighted by atomic mass is 9.62. The monoisotopic (exact) mass is 484 g/mol. The minimum Gasteiger partial charge on any atom is -0.481 e. The van der Waals surface area contributed by atoms with Gasteiger partial charge in [0.15, 0.2) is 0 Å². The van der Waals surface area contributed by atoms with Gasteiger partial charge in [0.05, 0.1) is 24.2 Å². The smallest absolute Gasteiger partial charge is 0.310 e. The first-order valence-electron chi connectivity index (χ1n) is 12.5. The average molecular weight is 485 g/mol. The van der Waals surface area contributed by atoms with E-state index >= 15 is 0 Å². The fourth-order valence-corrected chi connectivity index (χ4v) is 6.67. The van der Waals surface area contributed by atoms with Gasteiger partial charge in [0.2, 0.25) is 11.8 Å². The highest BCUT2D eigenvalue weighted by molar-refractivity contribution is 5.98. The third-order valence-corrected chi connectivity index (χ3v) is 8.39. The van der Waals surface area contributed by atoms with Gasteiger partial charge in [0.1, 0.15) is 17.6 Å². The summed E-state index contributed by atoms with van der Waals surface area (Å²) in [7, 11) is 0. The van der Waals surface area contributed by atoms with Crippen molar-refractivity contribution in [3.8, 4) is 0 Å². The number of likely N-dealkylation sites (tertiary alicyclic amines) is 1. The number of aliphatic carboxylic acids is 1. The number of carbonyl (C=O) groups excluding carboxylic acids is 2. The van der Waals surface area contributed by atoms with Crippen LogP contribution < -0.4 is 0 Å². The molecule has 3 unspecified atom stereocenters. The van der Waals surface area contributed by atoms with Crippen molar-refractivity contribution in [2.45, 2.75) is 63.3 Å². The molecule has 1 aromatic rings. The van der Waals surface area contributed by atoms with Crippen molar-refractivity contribution in [2.75, 3.05) is 19.7 Å². The predicted octanol–water partition coefficient (Wildman–Crippen LogP) is 2.63. The van der Waals surface area contributed by atoms with Crippen LogP contribution in [0.3, 0.4) is 0 Å². The van der Waals surface area contributed by atoms with E-state index in [1.165, 1.54) is 4.90 Å². The van der Waals surface area contributed by atoms with Crippen molar-refractivity contribution in [1.29, 1.82) is 0 Å². The zero-order chi connectivity index (χ0) is 25.5. The molecule has 3 fully saturated rings. The Labute approximate surface area is 206 Å². The van der Waals surface area contributed by atoms with Gasteiger partial charge in [-0.25, -0.2) is 0 Å². The van der Waals surface area contributed by atoms with Crippen molar-refractivity contribution in [3.05, 3.63) is 48.6 Å². The standard InChI is InChI=1S/C27H36N2O6/c1-5-7-14-28(13-6-2)24(32)22-27-15-17(3)26(4,35-27)21(25(33)34)20(27)23(31)29(22)19(16-30)18-11-9-8-10-12-18/h6,8-12,17,19-22,30H,2,5,7,13-16H2,1,3-4H3,(H,33,34)/t17?,19-,20+,21-,22?,26+,27?/m1/s1. The molecule has 0 radical (unpaired) electrons. The minimum atomic E-state index is -1.26. The Kier molecular flexibility index (Phi) is 6.81. The normalized spacial score (nSPS) is 34.1. The first-order chi connectivity index (χ1) is 16.7. The van der Waals surface area contributed by atoms with Crippen molar-refractivity contribution < 1.29 is 29.3 Å². The molecule has 2 N–H and O–H groups in total. The number of amides is 2. The highest BCUT2D eigenvalue weighted by Crippen LogP contribution is 2.66. The van der Waals surface area contributed by atoms with Crippen LogP contribution >= 0.6 is 0 Å². The molecule has 3 aliphatic heterocycles. The second-order valence-corrected chi connectivity index (χ2v) is 10.3. The van der Waals surface area contributed by atoms with Gasteiger partial charge in [-0.15, -0.1) is 6.58 Å². The molecule has 7 atom stereocenters. The van der Waals surface area contributed by atoms with E-state index in [4.69, 9.17) is 4.74 Å². The van der Waals surface area contributed by atoms with Crippen LogP contribution in [0.25, 0.3) is 0 Å². The van der Waals surface area contributed by atoms with Crippen LogP contribution in [0.5, 0.6) is 0 Å². The molecule has 4 rings (SSSR count). The third-order valence-electron chi connectivity index (χ3n) is 8.39. The molecule has 0 aromatic heterocycles. The molecule has 190 valence electrons. The molecular formula is C27H36N2O6. The number of fused-ring (bicyclic) bond motifs is 1. The Bertz CT molecular complexity index is 999. The number of carbonyl (C=O) groups is 3. The predicted molar refractivity (Wildman–Crippen MR) is 129 cm³/mol. The van der Waals surface area contributed by atoms with Crippen LogP contribution in [-0.2, 0) is 19.1 Å². The fourth-order valence-electron chi connectivity index (χ4n) is 6.67. The number of nitrogens with zero attached hydrogens (tertiary/aromatic N) is 2. The van der Waals surface area contributed by atoms with Crippen LogP contribution in [0.1, 0.15) is 51.6 Å². The quantitative estimate of drug-likeness (QED) is 0.495. The number of hydrogen-bond donors (Lipinski definition) is 2. The van der Waals surface area contributed by atoms with Crippen LogP contribution in [0.4, 0.5) is 0 Å². The highest BCUT2D eigenvalue weighted by atomic mass is 16.5. The maximum Gasteiger partial charge on any atom is 0.310 e. The lowest BCUT2D eigenvalue weighted by molar-refractivity contribution is -0.160. The molecule has 2 bridgehead atoms. The summed E-state index contributed by atoms with van der Waals surface area (Å²) in [6.07, 6.45) is 3.73. The Morgan fingerprint density at radius 3 is 2.60 bits per heavy atom. The van der Waals surface area contributed by atoms with E-state index in [1.807, 2.05) is 32.0 Å². The Balaban J connectivity index is 1.87. The molecule has 1 spiro atoms. The molecule has 3 heterocycles. The number of ether oxygens (including phenoxy) is 1. The van der Waals surface area contributed by atoms with Crippen molar-refractivity contribution in [1.82, 2.24) is 9.80 Å². The summed E-state index contributed by atoms with van der Waals surface area (Å²) in [6.45, 7) is 9.91. The first kappa shape index (κ1) is 25.4. The van der Waals surface area contributed by atoms with Gasteiger partial charge >= 0.3 is 5.97 Å². The number of carboxylic acid groups (broad SMARTS) is 1. The number of unbranched alkanes of at least 4 members (excludes halogenated alkanes) is 1. The van der Waals surface area contributed by atoms with E-state index in [1.54, 1.807) is 30.0 Å².